The van der Waals surface area contributed by atoms with Crippen LogP contribution in [0.25, 0.3) is 0 Å². The molecule has 5 heteroatoms. The van der Waals surface area contributed by atoms with Gasteiger partial charge in [0.15, 0.2) is 0 Å². The number of hydrogen-bond acceptors (Lipinski definition) is 4. The van der Waals surface area contributed by atoms with Gasteiger partial charge in [0.1, 0.15) is 0 Å². The van der Waals surface area contributed by atoms with Crippen LogP contribution in [0, 0.1) is 0 Å². The fraction of sp³-hybridized carbons (Fsp3) is 0.667. The average molecular weight is 238 g/mol. The Morgan fingerprint density at radius 2 is 2.75 bits per heavy atom. The van der Waals surface area contributed by atoms with Crippen LogP contribution in [0.4, 0.5) is 0 Å². The Kier molecular flexibility index (Phi) is 2.45. The van der Waals surface area contributed by atoms with E-state index >= 15 is 0 Å². The summed E-state index contributed by atoms with van der Waals surface area (Å²) in [6.45, 7) is 0. The van der Waals surface area contributed by atoms with E-state index in [1.54, 1.807) is 8.95 Å². The van der Waals surface area contributed by atoms with E-state index < -0.39 is 20.2 Å². The topological polar surface area (TPSA) is 52.3 Å². The zero-order valence-electron chi connectivity index (χ0n) is 4.09. The Bertz CT molecular complexity index is 109. The molecule has 0 bridgehead atoms. The first kappa shape index (κ1) is 6.70. The standard InChI is InChI=1S/C3H7NO2S.Sn/c4-2(1-7)3(5)6;/h2,7H,1,4H2,(H,5,6);/q;+2/p-2/t2-;/m0./s1. The van der Waals surface area contributed by atoms with Gasteiger partial charge in [-0.05, 0) is 0 Å². The second-order valence-electron chi connectivity index (χ2n) is 1.42. The van der Waals surface area contributed by atoms with E-state index in [2.05, 4.69) is 0 Å². The molecular weight excluding hydrogens is 233 g/mol. The third kappa shape index (κ3) is 1.53. The minimum atomic E-state index is -0.818. The Balaban J connectivity index is 2.39. The van der Waals surface area contributed by atoms with Crippen molar-refractivity contribution in [3.8, 4) is 0 Å². The summed E-state index contributed by atoms with van der Waals surface area (Å²) in [5.41, 5.74) is 5.31. The Labute approximate surface area is 60.5 Å². The molecule has 1 aliphatic rings. The second kappa shape index (κ2) is 2.93. The maximum absolute atomic E-state index is 10.5. The average Bonchev–Trinajstić information content (AvgIpc) is 1.77. The summed E-state index contributed by atoms with van der Waals surface area (Å²) in [5, 5.41) is 0. The summed E-state index contributed by atoms with van der Waals surface area (Å²) >= 11 is -0.818. The summed E-state index contributed by atoms with van der Waals surface area (Å²) in [6, 6.07) is -0.352. The summed E-state index contributed by atoms with van der Waals surface area (Å²) in [6.07, 6.45) is 0. The van der Waals surface area contributed by atoms with Gasteiger partial charge in [-0.2, -0.15) is 0 Å². The molecule has 2 N–H and O–H groups in total. The number of carbonyl (C=O) groups excluding carboxylic acids is 1. The maximum atomic E-state index is 10.5. The third-order valence-electron chi connectivity index (χ3n) is 0.767. The van der Waals surface area contributed by atoms with E-state index in [1.165, 1.54) is 0 Å². The number of carbonyl (C=O) groups is 1. The van der Waals surface area contributed by atoms with Gasteiger partial charge in [-0.1, -0.05) is 0 Å². The van der Waals surface area contributed by atoms with E-state index in [1.807, 2.05) is 0 Å². The van der Waals surface area contributed by atoms with Crippen LogP contribution in [-0.4, -0.2) is 37.9 Å². The van der Waals surface area contributed by atoms with E-state index in [0.29, 0.717) is 0 Å². The molecule has 1 saturated heterocycles. The Hall–Kier alpha value is 0.579. The molecule has 0 saturated carbocycles. The van der Waals surface area contributed by atoms with Gasteiger partial charge in [0.2, 0.25) is 0 Å². The van der Waals surface area contributed by atoms with Crippen molar-refractivity contribution < 1.29 is 7.87 Å². The van der Waals surface area contributed by atoms with Crippen LogP contribution in [0.3, 0.4) is 0 Å². The van der Waals surface area contributed by atoms with Gasteiger partial charge in [0, 0.05) is 0 Å². The predicted molar refractivity (Wildman–Crippen MR) is 32.3 cm³/mol. The van der Waals surface area contributed by atoms with Crippen LogP contribution in [0.5, 0.6) is 0 Å². The second-order valence-corrected chi connectivity index (χ2v) is 6.69. The minimum absolute atomic E-state index is 0.199. The van der Waals surface area contributed by atoms with Gasteiger partial charge in [-0.15, -0.1) is 0 Å². The van der Waals surface area contributed by atoms with Crippen molar-refractivity contribution in [2.24, 2.45) is 5.73 Å². The monoisotopic (exact) mass is 239 g/mol. The molecule has 44 valence electrons. The molecule has 0 aromatic carbocycles. The van der Waals surface area contributed by atoms with E-state index in [9.17, 15) is 4.79 Å². The Morgan fingerprint density at radius 3 is 3.12 bits per heavy atom. The molecule has 1 atom stereocenters. The van der Waals surface area contributed by atoms with Gasteiger partial charge in [0.25, 0.3) is 0 Å². The SMILES string of the molecule is N[C@H]1C[S][Sn][O]C1=O. The molecule has 2 radical (unpaired) electrons. The van der Waals surface area contributed by atoms with Crippen molar-refractivity contribution in [3.63, 3.8) is 0 Å². The first-order chi connectivity index (χ1) is 3.80. The summed E-state index contributed by atoms with van der Waals surface area (Å²) in [4.78, 5) is 10.5. The van der Waals surface area contributed by atoms with Gasteiger partial charge >= 0.3 is 60.5 Å². The molecule has 1 rings (SSSR count). The molecule has 8 heavy (non-hydrogen) atoms. The first-order valence-corrected chi connectivity index (χ1v) is 7.78. The normalized spacial score (nSPS) is 29.6. The van der Waals surface area contributed by atoms with Crippen LogP contribution < -0.4 is 5.73 Å². The molecule has 1 aliphatic heterocycles. The van der Waals surface area contributed by atoms with Crippen molar-refractivity contribution in [2.45, 2.75) is 6.04 Å². The molecule has 0 aromatic rings. The summed E-state index contributed by atoms with van der Waals surface area (Å²) in [7, 11) is 1.71. The third-order valence-corrected chi connectivity index (χ3v) is 5.22. The van der Waals surface area contributed by atoms with Gasteiger partial charge in [0.05, 0.1) is 0 Å². The van der Waals surface area contributed by atoms with Crippen molar-refractivity contribution in [1.29, 1.82) is 0 Å². The zero-order chi connectivity index (χ0) is 5.98. The fourth-order valence-corrected chi connectivity index (χ4v) is 4.62. The van der Waals surface area contributed by atoms with Crippen LogP contribution in [0.15, 0.2) is 0 Å². The fourth-order valence-electron chi connectivity index (χ4n) is 0.338. The first-order valence-electron chi connectivity index (χ1n) is 2.14. The summed E-state index contributed by atoms with van der Waals surface area (Å²) in [5.74, 6) is 0.570. The van der Waals surface area contributed by atoms with Gasteiger partial charge in [-0.3, -0.25) is 0 Å². The van der Waals surface area contributed by atoms with Crippen molar-refractivity contribution in [2.75, 3.05) is 5.75 Å². The van der Waals surface area contributed by atoms with E-state index in [-0.39, 0.29) is 12.0 Å². The summed E-state index contributed by atoms with van der Waals surface area (Å²) < 4.78 is 4.76. The van der Waals surface area contributed by atoms with Crippen molar-refractivity contribution in [1.82, 2.24) is 0 Å². The number of hydrogen-bond donors (Lipinski definition) is 1. The molecule has 3 nitrogen and oxygen atoms in total. The van der Waals surface area contributed by atoms with Gasteiger partial charge < -0.3 is 0 Å². The molecule has 0 aromatic heterocycles. The van der Waals surface area contributed by atoms with Crippen LogP contribution in [0.1, 0.15) is 0 Å². The van der Waals surface area contributed by atoms with E-state index in [4.69, 9.17) is 8.81 Å². The number of rotatable bonds is 0. The number of nitrogens with two attached hydrogens (primary N) is 1. The molecule has 1 heterocycles. The zero-order valence-corrected chi connectivity index (χ0v) is 7.76. The van der Waals surface area contributed by atoms with Crippen LogP contribution >= 0.6 is 8.95 Å². The van der Waals surface area contributed by atoms with E-state index in [0.717, 1.165) is 5.75 Å². The van der Waals surface area contributed by atoms with Crippen molar-refractivity contribution >= 4 is 35.1 Å². The van der Waals surface area contributed by atoms with Crippen LogP contribution in [-0.2, 0) is 7.87 Å². The molecule has 0 amide bonds. The quantitative estimate of drug-likeness (QED) is 0.557. The molecule has 1 fully saturated rings. The van der Waals surface area contributed by atoms with Gasteiger partial charge in [-0.25, -0.2) is 0 Å². The molecule has 0 aliphatic carbocycles. The molecule has 0 spiro atoms. The molecular formula is C3H5NO2SSn. The Morgan fingerprint density at radius 1 is 2.00 bits per heavy atom. The van der Waals surface area contributed by atoms with Crippen LogP contribution in [0.2, 0.25) is 0 Å². The van der Waals surface area contributed by atoms with Crippen molar-refractivity contribution in [3.05, 3.63) is 0 Å². The predicted octanol–water partition coefficient (Wildman–Crippen LogP) is -0.862. The molecule has 0 unspecified atom stereocenters.